The van der Waals surface area contributed by atoms with Crippen molar-refractivity contribution >= 4 is 15.9 Å². The van der Waals surface area contributed by atoms with Crippen LogP contribution in [0.25, 0.3) is 0 Å². The van der Waals surface area contributed by atoms with E-state index in [4.69, 9.17) is 9.15 Å². The van der Waals surface area contributed by atoms with E-state index in [0.29, 0.717) is 17.9 Å². The average molecular weight is 484 g/mol. The summed E-state index contributed by atoms with van der Waals surface area (Å²) in [6.45, 7) is 5.94. The first-order chi connectivity index (χ1) is 16.4. The van der Waals surface area contributed by atoms with Crippen molar-refractivity contribution in [1.29, 1.82) is 0 Å². The van der Waals surface area contributed by atoms with E-state index in [1.807, 2.05) is 12.1 Å². The van der Waals surface area contributed by atoms with Crippen LogP contribution in [0.1, 0.15) is 34.2 Å². The fraction of sp³-hybridized carbons (Fsp3) is 0.320. The van der Waals surface area contributed by atoms with Crippen molar-refractivity contribution in [2.24, 2.45) is 0 Å². The Balaban J connectivity index is 1.31. The highest BCUT2D eigenvalue weighted by atomic mass is 32.2. The Morgan fingerprint density at radius 1 is 1.06 bits per heavy atom. The van der Waals surface area contributed by atoms with Crippen molar-refractivity contribution in [1.82, 2.24) is 14.9 Å². The largest absolute Gasteiger partial charge is 0.468 e. The molecule has 2 heterocycles. The van der Waals surface area contributed by atoms with Crippen LogP contribution < -0.4 is 10.0 Å². The van der Waals surface area contributed by atoms with Crippen molar-refractivity contribution in [2.75, 3.05) is 19.7 Å². The van der Waals surface area contributed by atoms with Gasteiger partial charge in [0.2, 0.25) is 10.0 Å². The minimum Gasteiger partial charge on any atom is -0.468 e. The quantitative estimate of drug-likeness (QED) is 0.485. The van der Waals surface area contributed by atoms with E-state index in [-0.39, 0.29) is 23.5 Å². The number of nitrogens with zero attached hydrogens (tertiary/aromatic N) is 1. The van der Waals surface area contributed by atoms with Crippen LogP contribution in [0, 0.1) is 0 Å². The number of amides is 1. The lowest BCUT2D eigenvalue weighted by Crippen LogP contribution is -2.40. The van der Waals surface area contributed by atoms with Crippen molar-refractivity contribution in [3.63, 3.8) is 0 Å². The van der Waals surface area contributed by atoms with E-state index >= 15 is 0 Å². The van der Waals surface area contributed by atoms with Crippen LogP contribution in [-0.4, -0.2) is 45.0 Å². The zero-order chi connectivity index (χ0) is 24.0. The summed E-state index contributed by atoms with van der Waals surface area (Å²) >= 11 is 0. The monoisotopic (exact) mass is 483 g/mol. The van der Waals surface area contributed by atoms with Gasteiger partial charge in [0.1, 0.15) is 5.76 Å². The highest BCUT2D eigenvalue weighted by molar-refractivity contribution is 7.89. The molecule has 0 bridgehead atoms. The third-order valence-corrected chi connectivity index (χ3v) is 7.04. The third kappa shape index (κ3) is 6.54. The Labute approximate surface area is 200 Å². The van der Waals surface area contributed by atoms with Crippen LogP contribution in [0.15, 0.2) is 76.2 Å². The maximum Gasteiger partial charge on any atom is 0.251 e. The number of furan rings is 1. The van der Waals surface area contributed by atoms with Gasteiger partial charge in [-0.1, -0.05) is 24.3 Å². The molecule has 34 heavy (non-hydrogen) atoms. The number of nitrogens with one attached hydrogen (secondary N) is 2. The van der Waals surface area contributed by atoms with Gasteiger partial charge in [0, 0.05) is 31.7 Å². The number of carbonyl (C=O) groups excluding carboxylic acids is 1. The van der Waals surface area contributed by atoms with Crippen molar-refractivity contribution in [3.8, 4) is 0 Å². The lowest BCUT2D eigenvalue weighted by molar-refractivity contribution is -0.0212. The molecule has 8 nitrogen and oxygen atoms in total. The van der Waals surface area contributed by atoms with E-state index in [2.05, 4.69) is 34.0 Å². The molecule has 0 aliphatic carbocycles. The first kappa shape index (κ1) is 24.2. The second kappa shape index (κ2) is 11.0. The molecular formula is C25H29N3O5S. The summed E-state index contributed by atoms with van der Waals surface area (Å²) in [5.74, 6) is 0.253. The Bertz CT molecular complexity index is 1190. The van der Waals surface area contributed by atoms with Gasteiger partial charge in [0.15, 0.2) is 0 Å². The van der Waals surface area contributed by atoms with E-state index in [9.17, 15) is 13.2 Å². The van der Waals surface area contributed by atoms with Crippen LogP contribution >= 0.6 is 0 Å². The standard InChI is InChI=1S/C25H29N3O5S/c1-19-17-28(11-13-32-19)18-21-5-2-4-20(14-21)15-26-25(29)22-7-9-24(10-8-22)34(30,31)27-16-23-6-3-12-33-23/h2-10,12,14,19,27H,11,13,15-18H2,1H3,(H,26,29). The zero-order valence-corrected chi connectivity index (χ0v) is 19.9. The fourth-order valence-electron chi connectivity index (χ4n) is 3.86. The van der Waals surface area contributed by atoms with Gasteiger partial charge >= 0.3 is 0 Å². The third-order valence-electron chi connectivity index (χ3n) is 5.62. The molecule has 9 heteroatoms. The molecule has 3 aromatic rings. The zero-order valence-electron chi connectivity index (χ0n) is 19.1. The van der Waals surface area contributed by atoms with Gasteiger partial charge in [-0.3, -0.25) is 9.69 Å². The summed E-state index contributed by atoms with van der Waals surface area (Å²) in [6, 6.07) is 17.4. The number of ether oxygens (including phenoxy) is 1. The summed E-state index contributed by atoms with van der Waals surface area (Å²) in [7, 11) is -3.71. The molecule has 1 saturated heterocycles. The van der Waals surface area contributed by atoms with Crippen LogP contribution in [0.4, 0.5) is 0 Å². The van der Waals surface area contributed by atoms with Gasteiger partial charge in [0.25, 0.3) is 5.91 Å². The molecule has 1 aliphatic rings. The predicted octanol–water partition coefficient (Wildman–Crippen LogP) is 2.91. The van der Waals surface area contributed by atoms with Crippen molar-refractivity contribution < 1.29 is 22.4 Å². The minimum atomic E-state index is -3.71. The van der Waals surface area contributed by atoms with E-state index in [0.717, 1.165) is 31.8 Å². The second-order valence-corrected chi connectivity index (χ2v) is 10.1. The molecule has 0 spiro atoms. The van der Waals surface area contributed by atoms with E-state index in [1.54, 1.807) is 12.1 Å². The molecule has 0 radical (unpaired) electrons. The predicted molar refractivity (Wildman–Crippen MR) is 127 cm³/mol. The van der Waals surface area contributed by atoms with Gasteiger partial charge in [-0.05, 0) is 54.4 Å². The topological polar surface area (TPSA) is 101 Å². The number of sulfonamides is 1. The first-order valence-corrected chi connectivity index (χ1v) is 12.7. The lowest BCUT2D eigenvalue weighted by atomic mass is 10.1. The van der Waals surface area contributed by atoms with Gasteiger partial charge in [-0.25, -0.2) is 13.1 Å². The van der Waals surface area contributed by atoms with Crippen molar-refractivity contribution in [3.05, 3.63) is 89.4 Å². The number of carbonyl (C=O) groups is 1. The normalized spacial score (nSPS) is 16.9. The van der Waals surface area contributed by atoms with Gasteiger partial charge in [0.05, 0.1) is 30.4 Å². The van der Waals surface area contributed by atoms with E-state index in [1.165, 1.54) is 36.1 Å². The summed E-state index contributed by atoms with van der Waals surface area (Å²) < 4.78 is 38.1. The highest BCUT2D eigenvalue weighted by Gasteiger charge is 2.17. The Hall–Kier alpha value is -2.98. The summed E-state index contributed by atoms with van der Waals surface area (Å²) in [5.41, 5.74) is 2.59. The van der Waals surface area contributed by atoms with Gasteiger partial charge in [-0.2, -0.15) is 0 Å². The maximum atomic E-state index is 12.6. The number of morpholine rings is 1. The summed E-state index contributed by atoms with van der Waals surface area (Å²) in [6.07, 6.45) is 1.72. The Morgan fingerprint density at radius 2 is 1.85 bits per heavy atom. The maximum absolute atomic E-state index is 12.6. The molecule has 0 saturated carbocycles. The number of benzene rings is 2. The number of hydrogen-bond donors (Lipinski definition) is 2. The molecule has 1 fully saturated rings. The fourth-order valence-corrected chi connectivity index (χ4v) is 4.86. The van der Waals surface area contributed by atoms with Crippen molar-refractivity contribution in [2.45, 2.75) is 37.6 Å². The summed E-state index contributed by atoms with van der Waals surface area (Å²) in [4.78, 5) is 15.0. The van der Waals surface area contributed by atoms with Crippen LogP contribution in [0.2, 0.25) is 0 Å². The molecule has 1 amide bonds. The van der Waals surface area contributed by atoms with Crippen LogP contribution in [0.5, 0.6) is 0 Å². The molecule has 2 N–H and O–H groups in total. The molecular weight excluding hydrogens is 454 g/mol. The molecule has 1 aromatic heterocycles. The molecule has 4 rings (SSSR count). The second-order valence-electron chi connectivity index (χ2n) is 8.35. The number of hydrogen-bond acceptors (Lipinski definition) is 6. The molecule has 180 valence electrons. The molecule has 2 aromatic carbocycles. The Morgan fingerprint density at radius 3 is 2.59 bits per heavy atom. The lowest BCUT2D eigenvalue weighted by Gasteiger charge is -2.31. The molecule has 1 aliphatic heterocycles. The molecule has 1 unspecified atom stereocenters. The van der Waals surface area contributed by atoms with Gasteiger partial charge in [-0.15, -0.1) is 0 Å². The van der Waals surface area contributed by atoms with E-state index < -0.39 is 10.0 Å². The SMILES string of the molecule is CC1CN(Cc2cccc(CNC(=O)c3ccc(S(=O)(=O)NCc4ccco4)cc3)c2)CCO1. The molecule has 1 atom stereocenters. The summed E-state index contributed by atoms with van der Waals surface area (Å²) in [5, 5.41) is 2.91. The highest BCUT2D eigenvalue weighted by Crippen LogP contribution is 2.14. The first-order valence-electron chi connectivity index (χ1n) is 11.2. The Kier molecular flexibility index (Phi) is 7.79. The average Bonchev–Trinajstić information content (AvgIpc) is 3.36. The van der Waals surface area contributed by atoms with Crippen LogP contribution in [0.3, 0.4) is 0 Å². The van der Waals surface area contributed by atoms with Crippen LogP contribution in [-0.2, 0) is 34.4 Å². The minimum absolute atomic E-state index is 0.0567. The smallest absolute Gasteiger partial charge is 0.251 e. The number of rotatable bonds is 9. The van der Waals surface area contributed by atoms with Gasteiger partial charge < -0.3 is 14.5 Å².